The van der Waals surface area contributed by atoms with Gasteiger partial charge in [-0.25, -0.2) is 14.6 Å². The predicted molar refractivity (Wildman–Crippen MR) is 191 cm³/mol. The first-order chi connectivity index (χ1) is 26.1. The molecular formula is C38H46F3N5O9. The SMILES string of the molecule is COC(=O)NC(C(=O)NN(Cc1ccc(OC(F)(F)F)cc1)CC(O)C(Cc1ccc(-c2ccncc2)cc1)NC(=O)OC1COC2OCCC12)C(C)(C)C. The molecular weight excluding hydrogens is 727 g/mol. The van der Waals surface area contributed by atoms with Crippen molar-refractivity contribution in [3.05, 3.63) is 84.2 Å². The number of nitrogens with one attached hydrogen (secondary N) is 3. The van der Waals surface area contributed by atoms with Crippen LogP contribution in [0.4, 0.5) is 22.8 Å². The largest absolute Gasteiger partial charge is 0.573 e. The van der Waals surface area contributed by atoms with Gasteiger partial charge in [-0.05, 0) is 64.8 Å². The molecule has 0 aliphatic carbocycles. The summed E-state index contributed by atoms with van der Waals surface area (Å²) in [6, 6.07) is 14.2. The van der Waals surface area contributed by atoms with Crippen molar-refractivity contribution in [3.63, 3.8) is 0 Å². The summed E-state index contributed by atoms with van der Waals surface area (Å²) in [7, 11) is 1.16. The van der Waals surface area contributed by atoms with Gasteiger partial charge in [-0.1, -0.05) is 57.2 Å². The van der Waals surface area contributed by atoms with Crippen molar-refractivity contribution in [2.75, 3.05) is 26.9 Å². The van der Waals surface area contributed by atoms with Gasteiger partial charge in [0.25, 0.3) is 5.91 Å². The molecule has 2 aliphatic heterocycles. The maximum atomic E-state index is 13.7. The first kappa shape index (κ1) is 41.2. The Morgan fingerprint density at radius 1 is 0.927 bits per heavy atom. The van der Waals surface area contributed by atoms with Crippen LogP contribution in [0, 0.1) is 11.3 Å². The monoisotopic (exact) mass is 773 g/mol. The molecule has 14 nitrogen and oxygen atoms in total. The van der Waals surface area contributed by atoms with E-state index >= 15 is 0 Å². The van der Waals surface area contributed by atoms with Gasteiger partial charge in [0.1, 0.15) is 17.9 Å². The second-order valence-corrected chi connectivity index (χ2v) is 14.4. The second kappa shape index (κ2) is 18.1. The third-order valence-corrected chi connectivity index (χ3v) is 9.22. The molecule has 2 aliphatic rings. The van der Waals surface area contributed by atoms with Gasteiger partial charge < -0.3 is 39.4 Å². The van der Waals surface area contributed by atoms with Gasteiger partial charge in [0.2, 0.25) is 0 Å². The molecule has 6 unspecified atom stereocenters. The minimum atomic E-state index is -4.89. The molecule has 0 radical (unpaired) electrons. The third kappa shape index (κ3) is 12.0. The van der Waals surface area contributed by atoms with Crippen molar-refractivity contribution >= 4 is 18.1 Å². The van der Waals surface area contributed by atoms with E-state index in [4.69, 9.17) is 18.9 Å². The van der Waals surface area contributed by atoms with E-state index in [2.05, 4.69) is 25.8 Å². The zero-order valence-electron chi connectivity index (χ0n) is 30.9. The third-order valence-electron chi connectivity index (χ3n) is 9.22. The molecule has 4 N–H and O–H groups in total. The molecule has 0 spiro atoms. The lowest BCUT2D eigenvalue weighted by molar-refractivity contribution is -0.274. The summed E-state index contributed by atoms with van der Waals surface area (Å²) >= 11 is 0. The Labute approximate surface area is 316 Å². The summed E-state index contributed by atoms with van der Waals surface area (Å²) in [5.41, 5.74) is 5.03. The molecule has 2 fully saturated rings. The van der Waals surface area contributed by atoms with Crippen LogP contribution in [0.5, 0.6) is 5.75 Å². The number of benzene rings is 2. The van der Waals surface area contributed by atoms with Crippen molar-refractivity contribution in [2.45, 2.75) is 77.1 Å². The number of hydrogen-bond acceptors (Lipinski definition) is 11. The molecule has 0 bridgehead atoms. The quantitative estimate of drug-likeness (QED) is 0.168. The number of carbonyl (C=O) groups excluding carboxylic acids is 3. The number of carbonyl (C=O) groups is 3. The van der Waals surface area contributed by atoms with E-state index in [1.165, 1.54) is 17.1 Å². The lowest BCUT2D eigenvalue weighted by Crippen LogP contribution is -2.59. The highest BCUT2D eigenvalue weighted by molar-refractivity contribution is 5.86. The zero-order chi connectivity index (χ0) is 39.8. The number of amides is 3. The standard InChI is InChI=1S/C38H46F3N5O9/c1-37(2,3)32(44-35(49)51-4)33(48)45-46(20-24-7-11-27(12-8-24)55-38(39,40)41)21-30(47)29(43-36(50)54-31-22-53-34-28(31)15-18-52-34)19-23-5-9-25(10-6-23)26-13-16-42-17-14-26/h5-14,16-17,28-32,34,47H,15,18-22H2,1-4H3,(H,43,50)(H,44,49)(H,45,48). The minimum Gasteiger partial charge on any atom is -0.453 e. The lowest BCUT2D eigenvalue weighted by Gasteiger charge is -2.34. The van der Waals surface area contributed by atoms with Gasteiger partial charge >= 0.3 is 18.5 Å². The van der Waals surface area contributed by atoms with Crippen molar-refractivity contribution in [3.8, 4) is 16.9 Å². The molecule has 2 saturated heterocycles. The Hall–Kier alpha value is -4.97. The predicted octanol–water partition coefficient (Wildman–Crippen LogP) is 4.71. The van der Waals surface area contributed by atoms with E-state index in [-0.39, 0.29) is 32.0 Å². The van der Waals surface area contributed by atoms with Crippen LogP contribution in [0.3, 0.4) is 0 Å². The Balaban J connectivity index is 1.38. The molecule has 2 aromatic carbocycles. The number of aliphatic hydroxyl groups excluding tert-OH is 1. The highest BCUT2D eigenvalue weighted by atomic mass is 19.4. The number of aliphatic hydroxyl groups is 1. The fourth-order valence-electron chi connectivity index (χ4n) is 6.38. The molecule has 3 amide bonds. The van der Waals surface area contributed by atoms with E-state index in [1.807, 2.05) is 36.4 Å². The highest BCUT2D eigenvalue weighted by Crippen LogP contribution is 2.33. The van der Waals surface area contributed by atoms with Gasteiger partial charge in [0.05, 0.1) is 38.4 Å². The molecule has 0 saturated carbocycles. The number of hydrazine groups is 1. The molecule has 3 aromatic rings. The van der Waals surface area contributed by atoms with Gasteiger partial charge in [-0.3, -0.25) is 15.2 Å². The van der Waals surface area contributed by atoms with Crippen LogP contribution in [0.1, 0.15) is 38.3 Å². The summed E-state index contributed by atoms with van der Waals surface area (Å²) in [6.07, 6.45) is -4.70. The number of rotatable bonds is 14. The van der Waals surface area contributed by atoms with Crippen molar-refractivity contribution in [2.24, 2.45) is 11.3 Å². The van der Waals surface area contributed by atoms with E-state index in [9.17, 15) is 32.7 Å². The van der Waals surface area contributed by atoms with Crippen LogP contribution < -0.4 is 20.8 Å². The molecule has 298 valence electrons. The van der Waals surface area contributed by atoms with Crippen LogP contribution in [-0.4, -0.2) is 97.0 Å². The molecule has 3 heterocycles. The Morgan fingerprint density at radius 2 is 1.58 bits per heavy atom. The van der Waals surface area contributed by atoms with Crippen LogP contribution in [0.25, 0.3) is 11.1 Å². The number of methoxy groups -OCH3 is 1. The second-order valence-electron chi connectivity index (χ2n) is 14.4. The fourth-order valence-corrected chi connectivity index (χ4v) is 6.38. The summed E-state index contributed by atoms with van der Waals surface area (Å²) in [6.45, 7) is 5.44. The molecule has 6 atom stereocenters. The zero-order valence-corrected chi connectivity index (χ0v) is 30.9. The molecule has 17 heteroatoms. The molecule has 5 rings (SSSR count). The summed E-state index contributed by atoms with van der Waals surface area (Å²) in [5, 5.41) is 18.5. The highest BCUT2D eigenvalue weighted by Gasteiger charge is 2.44. The number of alkyl carbamates (subject to hydrolysis) is 2. The number of nitrogens with zero attached hydrogens (tertiary/aromatic N) is 2. The Kier molecular flexibility index (Phi) is 13.6. The smallest absolute Gasteiger partial charge is 0.453 e. The topological polar surface area (TPSA) is 170 Å². The summed E-state index contributed by atoms with van der Waals surface area (Å²) in [4.78, 5) is 43.4. The first-order valence-electron chi connectivity index (χ1n) is 17.7. The average Bonchev–Trinajstić information content (AvgIpc) is 3.75. The summed E-state index contributed by atoms with van der Waals surface area (Å²) < 4.78 is 64.1. The van der Waals surface area contributed by atoms with Crippen LogP contribution >= 0.6 is 0 Å². The summed E-state index contributed by atoms with van der Waals surface area (Å²) in [5.74, 6) is -1.22. The Bertz CT molecular complexity index is 1730. The number of fused-ring (bicyclic) bond motifs is 1. The minimum absolute atomic E-state index is 0.107. The van der Waals surface area contributed by atoms with Crippen molar-refractivity contribution < 1.29 is 56.3 Å². The number of aromatic nitrogens is 1. The van der Waals surface area contributed by atoms with E-state index in [1.54, 1.807) is 33.2 Å². The Morgan fingerprint density at radius 3 is 2.22 bits per heavy atom. The van der Waals surface area contributed by atoms with Crippen LogP contribution in [0.2, 0.25) is 0 Å². The van der Waals surface area contributed by atoms with Gasteiger partial charge in [0.15, 0.2) is 6.29 Å². The fraction of sp³-hybridized carbons (Fsp3) is 0.474. The molecule has 55 heavy (non-hydrogen) atoms. The van der Waals surface area contributed by atoms with E-state index in [0.717, 1.165) is 35.9 Å². The maximum Gasteiger partial charge on any atom is 0.573 e. The van der Waals surface area contributed by atoms with Crippen LogP contribution in [-0.2, 0) is 36.7 Å². The first-order valence-corrected chi connectivity index (χ1v) is 17.7. The number of alkyl halides is 3. The lowest BCUT2D eigenvalue weighted by atomic mass is 9.86. The van der Waals surface area contributed by atoms with Gasteiger partial charge in [0, 0.05) is 25.5 Å². The average molecular weight is 774 g/mol. The maximum absolute atomic E-state index is 13.7. The van der Waals surface area contributed by atoms with Crippen molar-refractivity contribution in [1.82, 2.24) is 26.1 Å². The normalized spacial score (nSPS) is 19.8. The number of halogens is 3. The van der Waals surface area contributed by atoms with Crippen molar-refractivity contribution in [1.29, 1.82) is 0 Å². The number of ether oxygens (including phenoxy) is 5. The van der Waals surface area contributed by atoms with E-state index in [0.29, 0.717) is 18.6 Å². The number of pyridine rings is 1. The molecule has 1 aromatic heterocycles. The van der Waals surface area contributed by atoms with Gasteiger partial charge in [-0.2, -0.15) is 0 Å². The van der Waals surface area contributed by atoms with E-state index < -0.39 is 66.2 Å². The van der Waals surface area contributed by atoms with Gasteiger partial charge in [-0.15, -0.1) is 13.2 Å². The van der Waals surface area contributed by atoms with Crippen LogP contribution in [0.15, 0.2) is 73.1 Å². The number of hydrogen-bond donors (Lipinski definition) is 4.